The molecule has 188 valence electrons. The average molecular weight is 480 g/mol. The minimum atomic E-state index is -0.315. The Bertz CT molecular complexity index is 1020. The van der Waals surface area contributed by atoms with Crippen molar-refractivity contribution in [1.82, 2.24) is 15.5 Å². The quantitative estimate of drug-likeness (QED) is 0.525. The summed E-state index contributed by atoms with van der Waals surface area (Å²) >= 11 is 0. The Morgan fingerprint density at radius 2 is 2.20 bits per heavy atom. The second kappa shape index (κ2) is 10.9. The molecule has 35 heavy (non-hydrogen) atoms. The molecule has 2 fully saturated rings. The summed E-state index contributed by atoms with van der Waals surface area (Å²) in [5.41, 5.74) is 4.82. The van der Waals surface area contributed by atoms with E-state index < -0.39 is 0 Å². The van der Waals surface area contributed by atoms with Crippen LogP contribution in [0.3, 0.4) is 0 Å². The lowest BCUT2D eigenvalue weighted by Gasteiger charge is -2.32. The Morgan fingerprint density at radius 1 is 1.29 bits per heavy atom. The van der Waals surface area contributed by atoms with Gasteiger partial charge in [0, 0.05) is 24.6 Å². The van der Waals surface area contributed by atoms with Gasteiger partial charge in [-0.3, -0.25) is 14.9 Å². The Kier molecular flexibility index (Phi) is 7.42. The second-order valence-corrected chi connectivity index (χ2v) is 9.97. The minimum Gasteiger partial charge on any atom is -0.493 e. The Morgan fingerprint density at radius 3 is 3.09 bits per heavy atom. The maximum absolute atomic E-state index is 13.5. The minimum absolute atomic E-state index is 0.00784. The van der Waals surface area contributed by atoms with E-state index in [-0.39, 0.29) is 36.4 Å². The number of hydrogen-bond acceptors (Lipinski definition) is 6. The summed E-state index contributed by atoms with van der Waals surface area (Å²) in [6.45, 7) is 4.56. The third kappa shape index (κ3) is 5.40. The van der Waals surface area contributed by atoms with Crippen LogP contribution in [0.2, 0.25) is 0 Å². The topological polar surface area (TPSA) is 79.9 Å². The summed E-state index contributed by atoms with van der Waals surface area (Å²) in [7, 11) is 0. The molecule has 0 radical (unpaired) electrons. The monoisotopic (exact) mass is 479 g/mol. The number of nitrogens with zero attached hydrogens (tertiary/aromatic N) is 1. The van der Waals surface area contributed by atoms with E-state index in [9.17, 15) is 9.59 Å². The lowest BCUT2D eigenvalue weighted by molar-refractivity contribution is -0.145. The highest BCUT2D eigenvalue weighted by molar-refractivity contribution is 5.82. The summed E-state index contributed by atoms with van der Waals surface area (Å²) in [5, 5.41) is 7.15. The number of amides is 1. The molecule has 4 aliphatic rings. The molecule has 2 N–H and O–H groups in total. The van der Waals surface area contributed by atoms with Crippen LogP contribution in [-0.2, 0) is 20.7 Å². The molecule has 2 saturated heterocycles. The number of allylic oxidation sites excluding steroid dienone is 3. The highest BCUT2D eigenvalue weighted by atomic mass is 16.5. The molecule has 1 unspecified atom stereocenters. The molecule has 3 atom stereocenters. The standard InChI is InChI=1S/C28H37N3O4/c1-2-34-26(32)18-24(22-9-8-19-13-16-35-25(19)17-22)31-15-12-21(28(31)33)5-3-7-23-11-10-20-6-4-14-29-27(20)30-23/h8-11,17,21,24,27,29-30H,2-7,12-16,18H2,1H3/t21-,24-,27?/m0/s1. The van der Waals surface area contributed by atoms with Crippen LogP contribution in [-0.4, -0.2) is 49.2 Å². The van der Waals surface area contributed by atoms with Gasteiger partial charge >= 0.3 is 5.97 Å². The number of benzene rings is 1. The Hall–Kier alpha value is -2.80. The molecule has 0 aromatic heterocycles. The van der Waals surface area contributed by atoms with E-state index in [1.54, 1.807) is 0 Å². The molecule has 1 aromatic rings. The zero-order valence-corrected chi connectivity index (χ0v) is 20.7. The number of piperidine rings is 1. The van der Waals surface area contributed by atoms with E-state index in [0.717, 1.165) is 56.4 Å². The molecular weight excluding hydrogens is 442 g/mol. The number of rotatable bonds is 9. The fraction of sp³-hybridized carbons (Fsp3) is 0.571. The van der Waals surface area contributed by atoms with E-state index in [1.165, 1.54) is 23.3 Å². The number of nitrogens with one attached hydrogen (secondary N) is 2. The number of esters is 1. The largest absolute Gasteiger partial charge is 0.493 e. The number of carbonyl (C=O) groups is 2. The molecule has 7 nitrogen and oxygen atoms in total. The SMILES string of the molecule is CCOC(=O)C[C@@H](c1ccc2c(c1)OCC2)N1CC[C@H](CCCC2=CC=C3CCCNC3N2)C1=O. The third-order valence-electron chi connectivity index (χ3n) is 7.69. The summed E-state index contributed by atoms with van der Waals surface area (Å²) in [4.78, 5) is 27.8. The molecule has 4 aliphatic heterocycles. The van der Waals surface area contributed by atoms with Crippen molar-refractivity contribution in [2.45, 2.75) is 70.5 Å². The molecule has 0 saturated carbocycles. The number of carbonyl (C=O) groups excluding carboxylic acids is 2. The third-order valence-corrected chi connectivity index (χ3v) is 7.69. The molecule has 0 bridgehead atoms. The molecule has 7 heteroatoms. The van der Waals surface area contributed by atoms with Crippen molar-refractivity contribution in [3.8, 4) is 5.75 Å². The predicted molar refractivity (Wildman–Crippen MR) is 134 cm³/mol. The number of ether oxygens (including phenoxy) is 2. The predicted octanol–water partition coefficient (Wildman–Crippen LogP) is 3.76. The zero-order valence-electron chi connectivity index (χ0n) is 20.7. The van der Waals surface area contributed by atoms with Crippen LogP contribution in [0.25, 0.3) is 0 Å². The fourth-order valence-electron chi connectivity index (χ4n) is 5.79. The van der Waals surface area contributed by atoms with E-state index in [0.29, 0.717) is 19.8 Å². The summed E-state index contributed by atoms with van der Waals surface area (Å²) < 4.78 is 11.0. The van der Waals surface area contributed by atoms with Crippen LogP contribution in [0.4, 0.5) is 0 Å². The summed E-state index contributed by atoms with van der Waals surface area (Å²) in [6.07, 6.45) is 11.8. The molecule has 4 heterocycles. The molecule has 1 aromatic carbocycles. The smallest absolute Gasteiger partial charge is 0.308 e. The highest BCUT2D eigenvalue weighted by Crippen LogP contribution is 2.37. The van der Waals surface area contributed by atoms with Crippen molar-refractivity contribution >= 4 is 11.9 Å². The van der Waals surface area contributed by atoms with Gasteiger partial charge in [0.15, 0.2) is 0 Å². The van der Waals surface area contributed by atoms with Crippen molar-refractivity contribution in [3.05, 3.63) is 52.7 Å². The Balaban J connectivity index is 1.21. The number of dihydropyridines is 1. The maximum Gasteiger partial charge on any atom is 0.308 e. The van der Waals surface area contributed by atoms with E-state index in [1.807, 2.05) is 24.0 Å². The van der Waals surface area contributed by atoms with E-state index in [2.05, 4.69) is 28.9 Å². The first-order chi connectivity index (χ1) is 17.1. The molecule has 5 rings (SSSR count). The van der Waals surface area contributed by atoms with Gasteiger partial charge in [0.1, 0.15) is 5.75 Å². The van der Waals surface area contributed by atoms with Crippen LogP contribution in [0, 0.1) is 5.92 Å². The molecule has 0 aliphatic carbocycles. The van der Waals surface area contributed by atoms with Crippen LogP contribution in [0.1, 0.15) is 69.0 Å². The number of hydrogen-bond donors (Lipinski definition) is 2. The van der Waals surface area contributed by atoms with Gasteiger partial charge in [0.2, 0.25) is 5.91 Å². The molecular formula is C28H37N3O4. The highest BCUT2D eigenvalue weighted by Gasteiger charge is 2.37. The van der Waals surface area contributed by atoms with E-state index >= 15 is 0 Å². The molecule has 0 spiro atoms. The van der Waals surface area contributed by atoms with E-state index in [4.69, 9.17) is 9.47 Å². The number of likely N-dealkylation sites (tertiary alicyclic amines) is 1. The lowest BCUT2D eigenvalue weighted by atomic mass is 9.96. The first kappa shape index (κ1) is 23.9. The van der Waals surface area contributed by atoms with Gasteiger partial charge in [-0.15, -0.1) is 0 Å². The first-order valence-electron chi connectivity index (χ1n) is 13.2. The first-order valence-corrected chi connectivity index (χ1v) is 13.2. The zero-order chi connectivity index (χ0) is 24.2. The normalized spacial score (nSPS) is 24.0. The molecule has 1 amide bonds. The van der Waals surface area contributed by atoms with Crippen LogP contribution >= 0.6 is 0 Å². The van der Waals surface area contributed by atoms with Gasteiger partial charge in [-0.25, -0.2) is 0 Å². The van der Waals surface area contributed by atoms with Gasteiger partial charge in [0.25, 0.3) is 0 Å². The maximum atomic E-state index is 13.5. The van der Waals surface area contributed by atoms with Crippen molar-refractivity contribution < 1.29 is 19.1 Å². The van der Waals surface area contributed by atoms with Crippen LogP contribution < -0.4 is 15.4 Å². The number of fused-ring (bicyclic) bond motifs is 2. The summed E-state index contributed by atoms with van der Waals surface area (Å²) in [6, 6.07) is 5.81. The van der Waals surface area contributed by atoms with Gasteiger partial charge < -0.3 is 19.7 Å². The van der Waals surface area contributed by atoms with Crippen molar-refractivity contribution in [2.75, 3.05) is 26.3 Å². The van der Waals surface area contributed by atoms with Gasteiger partial charge in [-0.2, -0.15) is 0 Å². The van der Waals surface area contributed by atoms with Gasteiger partial charge in [-0.05, 0) is 80.8 Å². The van der Waals surface area contributed by atoms with Crippen LogP contribution in [0.15, 0.2) is 41.6 Å². The van der Waals surface area contributed by atoms with Gasteiger partial charge in [0.05, 0.1) is 31.8 Å². The fourth-order valence-corrected chi connectivity index (χ4v) is 5.79. The Labute approximate surface area is 207 Å². The van der Waals surface area contributed by atoms with Gasteiger partial charge in [-0.1, -0.05) is 18.2 Å². The van der Waals surface area contributed by atoms with Crippen molar-refractivity contribution in [2.24, 2.45) is 5.92 Å². The van der Waals surface area contributed by atoms with Crippen molar-refractivity contribution in [3.63, 3.8) is 0 Å². The van der Waals surface area contributed by atoms with Crippen molar-refractivity contribution in [1.29, 1.82) is 0 Å². The van der Waals surface area contributed by atoms with Crippen LogP contribution in [0.5, 0.6) is 5.75 Å². The lowest BCUT2D eigenvalue weighted by Crippen LogP contribution is -2.47. The average Bonchev–Trinajstić information content (AvgIpc) is 3.49. The second-order valence-electron chi connectivity index (χ2n) is 9.97. The summed E-state index contributed by atoms with van der Waals surface area (Å²) in [5.74, 6) is 0.766.